The summed E-state index contributed by atoms with van der Waals surface area (Å²) in [7, 11) is -5.18. The van der Waals surface area contributed by atoms with E-state index in [1.54, 1.807) is 34.9 Å². The fourth-order valence-corrected chi connectivity index (χ4v) is 10.4. The van der Waals surface area contributed by atoms with E-state index in [1.807, 2.05) is 24.3 Å². The zero-order valence-corrected chi connectivity index (χ0v) is 27.4. The number of anilines is 1. The number of rotatable bonds is 9. The number of aryl methyl sites for hydroxylation is 1. The van der Waals surface area contributed by atoms with E-state index in [4.69, 9.17) is 0 Å². The number of nitrogens with one attached hydrogen (secondary N) is 2. The molecular formula is C30H40N6O6SSi. The van der Waals surface area contributed by atoms with Crippen molar-refractivity contribution in [2.24, 2.45) is 0 Å². The number of carbonyl (C=O) groups excluding carboxylic acids is 2. The number of benzene rings is 2. The van der Waals surface area contributed by atoms with Crippen LogP contribution in [-0.4, -0.2) is 89.3 Å². The van der Waals surface area contributed by atoms with Gasteiger partial charge in [-0.25, -0.2) is 31.8 Å². The Balaban J connectivity index is 1.21. The summed E-state index contributed by atoms with van der Waals surface area (Å²) in [5.74, 6) is -0.779. The van der Waals surface area contributed by atoms with Crippen molar-refractivity contribution in [3.8, 4) is 0 Å². The molecule has 44 heavy (non-hydrogen) atoms. The summed E-state index contributed by atoms with van der Waals surface area (Å²) in [6, 6.07) is 11.5. The fraction of sp³-hybridized carbons (Fsp3) is 0.467. The van der Waals surface area contributed by atoms with Gasteiger partial charge in [-0.1, -0.05) is 43.9 Å². The third kappa shape index (κ3) is 6.91. The number of piperidine rings is 1. The Labute approximate surface area is 258 Å². The van der Waals surface area contributed by atoms with Gasteiger partial charge in [0.05, 0.1) is 16.8 Å². The number of amides is 4. The van der Waals surface area contributed by atoms with Crippen molar-refractivity contribution in [2.45, 2.75) is 70.5 Å². The third-order valence-electron chi connectivity index (χ3n) is 8.31. The van der Waals surface area contributed by atoms with Crippen LogP contribution < -0.4 is 10.6 Å². The molecule has 12 nitrogen and oxygen atoms in total. The molecule has 2 aromatic carbocycles. The van der Waals surface area contributed by atoms with E-state index in [1.165, 1.54) is 3.97 Å². The second-order valence-electron chi connectivity index (χ2n) is 12.9. The van der Waals surface area contributed by atoms with Gasteiger partial charge in [0, 0.05) is 45.9 Å². The predicted molar refractivity (Wildman–Crippen MR) is 171 cm³/mol. The maximum Gasteiger partial charge on any atom is 0.326 e. The molecule has 3 heterocycles. The van der Waals surface area contributed by atoms with Crippen LogP contribution in [0.1, 0.15) is 29.8 Å². The van der Waals surface area contributed by atoms with E-state index in [0.29, 0.717) is 60.9 Å². The number of likely N-dealkylation sites (tertiary alicyclic amines) is 1. The van der Waals surface area contributed by atoms with Gasteiger partial charge in [0.1, 0.15) is 11.9 Å². The van der Waals surface area contributed by atoms with Crippen LogP contribution in [0.3, 0.4) is 0 Å². The van der Waals surface area contributed by atoms with Gasteiger partial charge < -0.3 is 25.5 Å². The minimum absolute atomic E-state index is 0.00905. The molecule has 236 valence electrons. The van der Waals surface area contributed by atoms with Gasteiger partial charge in [-0.3, -0.25) is 0 Å². The first kappa shape index (κ1) is 31.5. The van der Waals surface area contributed by atoms with Crippen molar-refractivity contribution >= 4 is 52.8 Å². The molecule has 0 unspecified atom stereocenters. The molecule has 0 saturated carbocycles. The second kappa shape index (κ2) is 12.2. The third-order valence-corrected chi connectivity index (χ3v) is 12.2. The summed E-state index contributed by atoms with van der Waals surface area (Å²) >= 11 is 0. The first-order chi connectivity index (χ1) is 20.7. The van der Waals surface area contributed by atoms with E-state index in [9.17, 15) is 27.9 Å². The molecule has 0 aliphatic carbocycles. The number of fused-ring (bicyclic) bond motifs is 2. The van der Waals surface area contributed by atoms with Crippen LogP contribution in [0.4, 0.5) is 15.3 Å². The molecule has 3 aromatic rings. The number of aromatic nitrogens is 2. The predicted octanol–water partition coefficient (Wildman–Crippen LogP) is 4.08. The Hall–Kier alpha value is -3.91. The molecular weight excluding hydrogens is 601 g/mol. The van der Waals surface area contributed by atoms with Gasteiger partial charge in [-0.15, -0.1) is 0 Å². The number of imidazole rings is 1. The average molecular weight is 641 g/mol. The zero-order valence-electron chi connectivity index (χ0n) is 25.5. The summed E-state index contributed by atoms with van der Waals surface area (Å²) < 4.78 is 27.6. The van der Waals surface area contributed by atoms with Crippen molar-refractivity contribution in [3.63, 3.8) is 0 Å². The first-order valence-corrected chi connectivity index (χ1v) is 20.2. The lowest BCUT2D eigenvalue weighted by Gasteiger charge is -2.40. The molecule has 2 aliphatic heterocycles. The SMILES string of the molecule is Cc1nc2cc(C[C@@H](NC(=O)N3CCC(N4Cc5ccccc5NC4=O)CC3)C(=O)O)ccc2n1S(=O)(=O)CC[Si](C)(C)C. The second-order valence-corrected chi connectivity index (χ2v) is 20.4. The Morgan fingerprint density at radius 2 is 1.84 bits per heavy atom. The number of para-hydroxylation sites is 1. The van der Waals surface area contributed by atoms with Gasteiger partial charge in [0.2, 0.25) is 10.0 Å². The number of urea groups is 2. The Bertz CT molecular complexity index is 1690. The summed E-state index contributed by atoms with van der Waals surface area (Å²) in [6.07, 6.45) is 1.18. The largest absolute Gasteiger partial charge is 0.480 e. The van der Waals surface area contributed by atoms with Gasteiger partial charge >= 0.3 is 18.0 Å². The smallest absolute Gasteiger partial charge is 0.326 e. The van der Waals surface area contributed by atoms with E-state index in [2.05, 4.69) is 35.3 Å². The maximum absolute atomic E-state index is 13.2. The molecule has 0 radical (unpaired) electrons. The molecule has 1 fully saturated rings. The van der Waals surface area contributed by atoms with E-state index in [-0.39, 0.29) is 24.2 Å². The van der Waals surface area contributed by atoms with Crippen LogP contribution in [0.25, 0.3) is 11.0 Å². The number of carboxylic acid groups (broad SMARTS) is 1. The van der Waals surface area contributed by atoms with Crippen molar-refractivity contribution in [3.05, 3.63) is 59.4 Å². The molecule has 4 amide bonds. The number of nitrogens with zero attached hydrogens (tertiary/aromatic N) is 4. The van der Waals surface area contributed by atoms with E-state index >= 15 is 0 Å². The van der Waals surface area contributed by atoms with Crippen LogP contribution in [-0.2, 0) is 27.8 Å². The Morgan fingerprint density at radius 3 is 2.52 bits per heavy atom. The van der Waals surface area contributed by atoms with Crippen molar-refractivity contribution < 1.29 is 27.9 Å². The highest BCUT2D eigenvalue weighted by atomic mass is 32.2. The van der Waals surface area contributed by atoms with Crippen molar-refractivity contribution in [1.29, 1.82) is 0 Å². The van der Waals surface area contributed by atoms with Gasteiger partial charge in [0.25, 0.3) is 0 Å². The lowest BCUT2D eigenvalue weighted by Crippen LogP contribution is -2.54. The van der Waals surface area contributed by atoms with Crippen LogP contribution in [0, 0.1) is 6.92 Å². The number of carbonyl (C=O) groups is 3. The quantitative estimate of drug-likeness (QED) is 0.298. The molecule has 0 spiro atoms. The van der Waals surface area contributed by atoms with Crippen LogP contribution in [0.2, 0.25) is 25.7 Å². The van der Waals surface area contributed by atoms with Crippen molar-refractivity contribution in [2.75, 3.05) is 24.2 Å². The minimum Gasteiger partial charge on any atom is -0.480 e. The highest BCUT2D eigenvalue weighted by Gasteiger charge is 2.33. The molecule has 1 saturated heterocycles. The minimum atomic E-state index is -3.61. The van der Waals surface area contributed by atoms with Gasteiger partial charge in [-0.2, -0.15) is 0 Å². The summed E-state index contributed by atoms with van der Waals surface area (Å²) in [6.45, 7) is 9.32. The Morgan fingerprint density at radius 1 is 1.14 bits per heavy atom. The van der Waals surface area contributed by atoms with Crippen molar-refractivity contribution in [1.82, 2.24) is 24.1 Å². The van der Waals surface area contributed by atoms with E-state index in [0.717, 1.165) is 11.3 Å². The summed E-state index contributed by atoms with van der Waals surface area (Å²) in [5.41, 5.74) is 3.38. The summed E-state index contributed by atoms with van der Waals surface area (Å²) in [5, 5.41) is 15.5. The molecule has 5 rings (SSSR count). The molecule has 1 atom stereocenters. The molecule has 3 N–H and O–H groups in total. The lowest BCUT2D eigenvalue weighted by molar-refractivity contribution is -0.139. The number of carboxylic acids is 1. The lowest BCUT2D eigenvalue weighted by atomic mass is 10.0. The Kier molecular flexibility index (Phi) is 8.76. The number of hydrogen-bond acceptors (Lipinski definition) is 6. The van der Waals surface area contributed by atoms with Crippen LogP contribution in [0.5, 0.6) is 0 Å². The topological polar surface area (TPSA) is 154 Å². The number of aliphatic carboxylic acids is 1. The van der Waals surface area contributed by atoms with E-state index < -0.39 is 36.1 Å². The normalized spacial score (nSPS) is 16.9. The fourth-order valence-electron chi connectivity index (χ4n) is 5.80. The average Bonchev–Trinajstić information content (AvgIpc) is 3.31. The molecule has 0 bridgehead atoms. The summed E-state index contributed by atoms with van der Waals surface area (Å²) in [4.78, 5) is 45.8. The highest BCUT2D eigenvalue weighted by Crippen LogP contribution is 2.28. The highest BCUT2D eigenvalue weighted by molar-refractivity contribution is 7.90. The standard InChI is InChI=1S/C30H40N6O6SSi/c1-20-31-25-17-21(9-10-27(25)36(20)43(41,42)15-16-44(2,3)4)18-26(28(37)38)33-29(39)34-13-11-23(12-14-34)35-19-22-7-5-6-8-24(22)32-30(35)40/h5-10,17,23,26H,11-16,18-19H2,1-4H3,(H,32,40)(H,33,39)(H,37,38)/t26-/m1/s1. The molecule has 14 heteroatoms. The molecule has 1 aromatic heterocycles. The zero-order chi connectivity index (χ0) is 31.8. The van der Waals surface area contributed by atoms with Crippen LogP contribution >= 0.6 is 0 Å². The van der Waals surface area contributed by atoms with Gasteiger partial charge in [0.15, 0.2) is 0 Å². The maximum atomic E-state index is 13.2. The van der Waals surface area contributed by atoms with Crippen LogP contribution in [0.15, 0.2) is 42.5 Å². The molecule has 2 aliphatic rings. The van der Waals surface area contributed by atoms with Gasteiger partial charge in [-0.05, 0) is 55.1 Å². The first-order valence-electron chi connectivity index (χ1n) is 14.9. The monoisotopic (exact) mass is 640 g/mol. The number of hydrogen-bond donors (Lipinski definition) is 3.